The van der Waals surface area contributed by atoms with Crippen LogP contribution < -0.4 is 5.32 Å². The standard InChI is InChI=1S/C15H24N4O3/c1-10(2)15(21)19-7-6-18-9-12(17-13(18)11(19)3)14(20)16-5-8-22-4/h9-11H,5-8H2,1-4H3,(H,16,20). The molecule has 7 nitrogen and oxygen atoms in total. The van der Waals surface area contributed by atoms with Gasteiger partial charge in [0.05, 0.1) is 12.6 Å². The highest BCUT2D eigenvalue weighted by molar-refractivity contribution is 5.92. The molecule has 1 aliphatic heterocycles. The summed E-state index contributed by atoms with van der Waals surface area (Å²) in [4.78, 5) is 30.5. The third kappa shape index (κ3) is 3.30. The predicted molar refractivity (Wildman–Crippen MR) is 81.4 cm³/mol. The van der Waals surface area contributed by atoms with Gasteiger partial charge in [0.2, 0.25) is 5.91 Å². The van der Waals surface area contributed by atoms with Gasteiger partial charge in [0.15, 0.2) is 0 Å². The van der Waals surface area contributed by atoms with Gasteiger partial charge in [-0.2, -0.15) is 0 Å². The Hall–Kier alpha value is -1.89. The first kappa shape index (κ1) is 16.5. The number of aromatic nitrogens is 2. The van der Waals surface area contributed by atoms with E-state index in [1.807, 2.05) is 30.2 Å². The van der Waals surface area contributed by atoms with E-state index < -0.39 is 0 Å². The quantitative estimate of drug-likeness (QED) is 0.817. The molecule has 1 aliphatic rings. The molecule has 2 amide bonds. The summed E-state index contributed by atoms with van der Waals surface area (Å²) >= 11 is 0. The van der Waals surface area contributed by atoms with Gasteiger partial charge >= 0.3 is 0 Å². The molecule has 1 aromatic heterocycles. The van der Waals surface area contributed by atoms with Crippen molar-refractivity contribution in [1.82, 2.24) is 19.8 Å². The highest BCUT2D eigenvalue weighted by atomic mass is 16.5. The topological polar surface area (TPSA) is 76.5 Å². The third-order valence-corrected chi connectivity index (χ3v) is 3.83. The summed E-state index contributed by atoms with van der Waals surface area (Å²) in [5.74, 6) is 0.624. The molecule has 22 heavy (non-hydrogen) atoms. The van der Waals surface area contributed by atoms with Crippen LogP contribution in [0.5, 0.6) is 0 Å². The number of carbonyl (C=O) groups excluding carboxylic acids is 2. The first-order chi connectivity index (χ1) is 10.5. The Labute approximate surface area is 130 Å². The Morgan fingerprint density at radius 3 is 2.82 bits per heavy atom. The minimum Gasteiger partial charge on any atom is -0.383 e. The summed E-state index contributed by atoms with van der Waals surface area (Å²) in [6.45, 7) is 7.96. The number of hydrogen-bond donors (Lipinski definition) is 1. The number of nitrogens with one attached hydrogen (secondary N) is 1. The number of rotatable bonds is 5. The molecule has 0 bridgehead atoms. The summed E-state index contributed by atoms with van der Waals surface area (Å²) in [7, 11) is 1.59. The van der Waals surface area contributed by atoms with Crippen molar-refractivity contribution in [2.24, 2.45) is 5.92 Å². The lowest BCUT2D eigenvalue weighted by Crippen LogP contribution is -2.42. The number of amides is 2. The van der Waals surface area contributed by atoms with Gasteiger partial charge in [0.1, 0.15) is 11.5 Å². The lowest BCUT2D eigenvalue weighted by atomic mass is 10.1. The summed E-state index contributed by atoms with van der Waals surface area (Å²) < 4.78 is 6.86. The summed E-state index contributed by atoms with van der Waals surface area (Å²) in [6, 6.07) is -0.121. The predicted octanol–water partition coefficient (Wildman–Crippen LogP) is 0.818. The van der Waals surface area contributed by atoms with Gasteiger partial charge in [-0.15, -0.1) is 0 Å². The Kier molecular flexibility index (Phi) is 5.18. The largest absolute Gasteiger partial charge is 0.383 e. The fourth-order valence-corrected chi connectivity index (χ4v) is 2.59. The van der Waals surface area contributed by atoms with Crippen LogP contribution in [0.15, 0.2) is 6.20 Å². The molecule has 1 atom stereocenters. The second-order valence-corrected chi connectivity index (χ2v) is 5.79. The molecule has 2 rings (SSSR count). The minimum absolute atomic E-state index is 0.0409. The average Bonchev–Trinajstić information content (AvgIpc) is 2.92. The number of hydrogen-bond acceptors (Lipinski definition) is 4. The van der Waals surface area contributed by atoms with Crippen LogP contribution in [-0.4, -0.2) is 53.1 Å². The van der Waals surface area contributed by atoms with Crippen LogP contribution in [0, 0.1) is 5.92 Å². The Morgan fingerprint density at radius 2 is 2.18 bits per heavy atom. The summed E-state index contributed by atoms with van der Waals surface area (Å²) in [6.07, 6.45) is 1.76. The van der Waals surface area contributed by atoms with Crippen molar-refractivity contribution in [1.29, 1.82) is 0 Å². The molecule has 1 aromatic rings. The van der Waals surface area contributed by atoms with Crippen molar-refractivity contribution in [2.75, 3.05) is 26.8 Å². The van der Waals surface area contributed by atoms with E-state index in [0.29, 0.717) is 31.9 Å². The molecule has 0 saturated heterocycles. The van der Waals surface area contributed by atoms with Gasteiger partial charge in [-0.3, -0.25) is 9.59 Å². The zero-order valence-corrected chi connectivity index (χ0v) is 13.6. The van der Waals surface area contributed by atoms with Crippen LogP contribution >= 0.6 is 0 Å². The zero-order valence-electron chi connectivity index (χ0n) is 13.6. The molecule has 0 aromatic carbocycles. The second kappa shape index (κ2) is 6.91. The van der Waals surface area contributed by atoms with Crippen molar-refractivity contribution in [2.45, 2.75) is 33.4 Å². The maximum absolute atomic E-state index is 12.2. The molecule has 0 radical (unpaired) electrons. The molecule has 1 N–H and O–H groups in total. The highest BCUT2D eigenvalue weighted by Gasteiger charge is 2.31. The van der Waals surface area contributed by atoms with Gasteiger partial charge in [-0.25, -0.2) is 4.98 Å². The van der Waals surface area contributed by atoms with Gasteiger partial charge in [-0.1, -0.05) is 13.8 Å². The van der Waals surface area contributed by atoms with Crippen molar-refractivity contribution < 1.29 is 14.3 Å². The average molecular weight is 308 g/mol. The number of carbonyl (C=O) groups is 2. The molecule has 7 heteroatoms. The van der Waals surface area contributed by atoms with Crippen LogP contribution in [0.2, 0.25) is 0 Å². The van der Waals surface area contributed by atoms with E-state index in [-0.39, 0.29) is 23.8 Å². The molecule has 2 heterocycles. The van der Waals surface area contributed by atoms with E-state index in [0.717, 1.165) is 5.82 Å². The van der Waals surface area contributed by atoms with Crippen molar-refractivity contribution in [3.63, 3.8) is 0 Å². The number of nitrogens with zero attached hydrogens (tertiary/aromatic N) is 3. The lowest BCUT2D eigenvalue weighted by molar-refractivity contribution is -0.137. The van der Waals surface area contributed by atoms with Crippen LogP contribution in [0.4, 0.5) is 0 Å². The van der Waals surface area contributed by atoms with Gasteiger partial charge in [0.25, 0.3) is 5.91 Å². The van der Waals surface area contributed by atoms with E-state index in [1.54, 1.807) is 13.3 Å². The Bertz CT molecular complexity index is 553. The van der Waals surface area contributed by atoms with E-state index in [4.69, 9.17) is 4.74 Å². The molecule has 0 saturated carbocycles. The number of imidazole rings is 1. The Morgan fingerprint density at radius 1 is 1.45 bits per heavy atom. The van der Waals surface area contributed by atoms with Crippen molar-refractivity contribution in [3.8, 4) is 0 Å². The normalized spacial score (nSPS) is 17.5. The van der Waals surface area contributed by atoms with Gasteiger partial charge < -0.3 is 19.5 Å². The molecule has 0 spiro atoms. The SMILES string of the molecule is COCCNC(=O)c1cn2c(n1)C(C)N(C(=O)C(C)C)CC2. The van der Waals surface area contributed by atoms with Gasteiger partial charge in [-0.05, 0) is 6.92 Å². The van der Waals surface area contributed by atoms with E-state index in [2.05, 4.69) is 10.3 Å². The summed E-state index contributed by atoms with van der Waals surface area (Å²) in [5, 5.41) is 2.76. The first-order valence-electron chi connectivity index (χ1n) is 7.60. The number of methoxy groups -OCH3 is 1. The Balaban J connectivity index is 2.12. The van der Waals surface area contributed by atoms with Crippen LogP contribution in [0.1, 0.15) is 43.1 Å². The number of ether oxygens (including phenoxy) is 1. The first-order valence-corrected chi connectivity index (χ1v) is 7.60. The van der Waals surface area contributed by atoms with E-state index in [1.165, 1.54) is 0 Å². The lowest BCUT2D eigenvalue weighted by Gasteiger charge is -2.34. The maximum atomic E-state index is 12.2. The summed E-state index contributed by atoms with van der Waals surface area (Å²) in [5.41, 5.74) is 0.386. The molecular formula is C15H24N4O3. The van der Waals surface area contributed by atoms with Crippen LogP contribution in [0.3, 0.4) is 0 Å². The molecule has 122 valence electrons. The zero-order chi connectivity index (χ0) is 16.3. The minimum atomic E-state index is -0.215. The third-order valence-electron chi connectivity index (χ3n) is 3.83. The van der Waals surface area contributed by atoms with E-state index in [9.17, 15) is 9.59 Å². The maximum Gasteiger partial charge on any atom is 0.271 e. The van der Waals surface area contributed by atoms with E-state index >= 15 is 0 Å². The molecular weight excluding hydrogens is 284 g/mol. The molecule has 0 aliphatic carbocycles. The number of fused-ring (bicyclic) bond motifs is 1. The highest BCUT2D eigenvalue weighted by Crippen LogP contribution is 2.26. The van der Waals surface area contributed by atoms with Gasteiger partial charge in [0, 0.05) is 38.9 Å². The smallest absolute Gasteiger partial charge is 0.271 e. The van der Waals surface area contributed by atoms with Crippen LogP contribution in [0.25, 0.3) is 0 Å². The second-order valence-electron chi connectivity index (χ2n) is 5.79. The molecule has 1 unspecified atom stereocenters. The van der Waals surface area contributed by atoms with Crippen molar-refractivity contribution >= 4 is 11.8 Å². The monoisotopic (exact) mass is 308 g/mol. The fraction of sp³-hybridized carbons (Fsp3) is 0.667. The van der Waals surface area contributed by atoms with Crippen LogP contribution in [-0.2, 0) is 16.1 Å². The fourth-order valence-electron chi connectivity index (χ4n) is 2.59. The molecule has 0 fully saturated rings. The van der Waals surface area contributed by atoms with Crippen molar-refractivity contribution in [3.05, 3.63) is 17.7 Å².